The van der Waals surface area contributed by atoms with Gasteiger partial charge in [-0.2, -0.15) is 0 Å². The number of para-hydroxylation sites is 1. The molecule has 0 unspecified atom stereocenters. The number of aryl methyl sites for hydroxylation is 1. The van der Waals surface area contributed by atoms with Gasteiger partial charge in [0.05, 0.1) is 5.56 Å². The standard InChI is InChI=1S/C17H19N3O2S/c1-11(16(22)19-17-13(15(18)21)8-10-23-17)20-9-4-6-12-5-2-3-7-14(12)20/h2-3,5,7-8,10-11H,4,6,9H2,1H3,(H2,18,21)(H,19,22)/t11-/m0/s1. The Labute approximate surface area is 139 Å². The van der Waals surface area contributed by atoms with E-state index in [0.29, 0.717) is 10.6 Å². The summed E-state index contributed by atoms with van der Waals surface area (Å²) in [6, 6.07) is 9.49. The Balaban J connectivity index is 1.78. The number of carbonyl (C=O) groups is 2. The summed E-state index contributed by atoms with van der Waals surface area (Å²) in [6.07, 6.45) is 2.07. The van der Waals surface area contributed by atoms with Gasteiger partial charge < -0.3 is 16.0 Å². The topological polar surface area (TPSA) is 75.4 Å². The van der Waals surface area contributed by atoms with Gasteiger partial charge in [0.15, 0.2) is 0 Å². The molecule has 6 heteroatoms. The molecule has 2 amide bonds. The van der Waals surface area contributed by atoms with Crippen molar-refractivity contribution < 1.29 is 9.59 Å². The fraction of sp³-hybridized carbons (Fsp3) is 0.294. The normalized spacial score (nSPS) is 14.9. The average molecular weight is 329 g/mol. The van der Waals surface area contributed by atoms with Gasteiger partial charge in [-0.15, -0.1) is 11.3 Å². The number of benzene rings is 1. The van der Waals surface area contributed by atoms with E-state index in [2.05, 4.69) is 22.3 Å². The van der Waals surface area contributed by atoms with Gasteiger partial charge >= 0.3 is 0 Å². The third-order valence-corrected chi connectivity index (χ3v) is 4.99. The van der Waals surface area contributed by atoms with Crippen molar-refractivity contribution in [2.75, 3.05) is 16.8 Å². The minimum absolute atomic E-state index is 0.133. The van der Waals surface area contributed by atoms with E-state index >= 15 is 0 Å². The summed E-state index contributed by atoms with van der Waals surface area (Å²) in [5.74, 6) is -0.663. The summed E-state index contributed by atoms with van der Waals surface area (Å²) in [5.41, 5.74) is 8.06. The van der Waals surface area contributed by atoms with E-state index < -0.39 is 5.91 Å². The van der Waals surface area contributed by atoms with Crippen molar-refractivity contribution in [1.82, 2.24) is 0 Å². The molecular weight excluding hydrogens is 310 g/mol. The van der Waals surface area contributed by atoms with Crippen LogP contribution in [0.15, 0.2) is 35.7 Å². The lowest BCUT2D eigenvalue weighted by atomic mass is 10.00. The Morgan fingerprint density at radius 3 is 2.87 bits per heavy atom. The summed E-state index contributed by atoms with van der Waals surface area (Å²) in [4.78, 5) is 26.1. The van der Waals surface area contributed by atoms with Gasteiger partial charge in [0.25, 0.3) is 5.91 Å². The number of nitrogens with two attached hydrogens (primary N) is 1. The molecule has 0 saturated heterocycles. The van der Waals surface area contributed by atoms with Crippen LogP contribution in [0.2, 0.25) is 0 Å². The van der Waals surface area contributed by atoms with E-state index in [-0.39, 0.29) is 11.9 Å². The number of rotatable bonds is 4. The Kier molecular flexibility index (Phi) is 4.34. The summed E-state index contributed by atoms with van der Waals surface area (Å²) in [5, 5.41) is 5.10. The maximum atomic E-state index is 12.6. The highest BCUT2D eigenvalue weighted by Crippen LogP contribution is 2.29. The van der Waals surface area contributed by atoms with Crippen LogP contribution in [0.4, 0.5) is 10.7 Å². The van der Waals surface area contributed by atoms with Gasteiger partial charge in [0, 0.05) is 12.2 Å². The van der Waals surface area contributed by atoms with Crippen molar-refractivity contribution in [2.45, 2.75) is 25.8 Å². The molecule has 0 fully saturated rings. The monoisotopic (exact) mass is 329 g/mol. The molecule has 5 nitrogen and oxygen atoms in total. The van der Waals surface area contributed by atoms with Crippen LogP contribution in [-0.2, 0) is 11.2 Å². The first-order valence-electron chi connectivity index (χ1n) is 7.60. The zero-order chi connectivity index (χ0) is 16.4. The van der Waals surface area contributed by atoms with Gasteiger partial charge in [-0.1, -0.05) is 18.2 Å². The molecule has 3 rings (SSSR count). The van der Waals surface area contributed by atoms with E-state index in [1.54, 1.807) is 11.4 Å². The second-order valence-corrected chi connectivity index (χ2v) is 6.53. The first-order valence-corrected chi connectivity index (χ1v) is 8.48. The van der Waals surface area contributed by atoms with Gasteiger partial charge in [-0.05, 0) is 42.8 Å². The average Bonchev–Trinajstić information content (AvgIpc) is 3.02. The van der Waals surface area contributed by atoms with Crippen molar-refractivity contribution in [3.8, 4) is 0 Å². The van der Waals surface area contributed by atoms with Crippen LogP contribution in [0.25, 0.3) is 0 Å². The van der Waals surface area contributed by atoms with Gasteiger partial charge in [-0.3, -0.25) is 9.59 Å². The lowest BCUT2D eigenvalue weighted by Crippen LogP contribution is -2.44. The molecular formula is C17H19N3O2S. The molecule has 1 atom stereocenters. The van der Waals surface area contributed by atoms with Crippen molar-refractivity contribution >= 4 is 33.8 Å². The van der Waals surface area contributed by atoms with Crippen molar-refractivity contribution in [1.29, 1.82) is 0 Å². The molecule has 3 N–H and O–H groups in total. The van der Waals surface area contributed by atoms with Crippen LogP contribution in [0.1, 0.15) is 29.3 Å². The number of nitrogens with zero attached hydrogens (tertiary/aromatic N) is 1. The predicted molar refractivity (Wildman–Crippen MR) is 93.0 cm³/mol. The number of fused-ring (bicyclic) bond motifs is 1. The van der Waals surface area contributed by atoms with Crippen molar-refractivity contribution in [3.63, 3.8) is 0 Å². The summed E-state index contributed by atoms with van der Waals surface area (Å²) < 4.78 is 0. The summed E-state index contributed by atoms with van der Waals surface area (Å²) in [7, 11) is 0. The van der Waals surface area contributed by atoms with Crippen molar-refractivity contribution in [2.24, 2.45) is 5.73 Å². The molecule has 0 spiro atoms. The second-order valence-electron chi connectivity index (χ2n) is 5.62. The SMILES string of the molecule is C[C@@H](C(=O)Nc1sccc1C(N)=O)N1CCCc2ccccc21. The summed E-state index contributed by atoms with van der Waals surface area (Å²) in [6.45, 7) is 2.73. The zero-order valence-electron chi connectivity index (χ0n) is 12.9. The second kappa shape index (κ2) is 6.42. The molecule has 0 bridgehead atoms. The fourth-order valence-electron chi connectivity index (χ4n) is 2.92. The largest absolute Gasteiger partial charge is 0.366 e. The van der Waals surface area contributed by atoms with E-state index in [1.807, 2.05) is 19.1 Å². The number of hydrogen-bond acceptors (Lipinski definition) is 4. The zero-order valence-corrected chi connectivity index (χ0v) is 13.7. The van der Waals surface area contributed by atoms with E-state index in [1.165, 1.54) is 16.9 Å². The molecule has 23 heavy (non-hydrogen) atoms. The Bertz CT molecular complexity index is 741. The van der Waals surface area contributed by atoms with Crippen LogP contribution in [0, 0.1) is 0 Å². The number of anilines is 2. The maximum absolute atomic E-state index is 12.6. The Hall–Kier alpha value is -2.34. The molecule has 120 valence electrons. The highest BCUT2D eigenvalue weighted by atomic mass is 32.1. The van der Waals surface area contributed by atoms with Crippen LogP contribution >= 0.6 is 11.3 Å². The number of nitrogens with one attached hydrogen (secondary N) is 1. The smallest absolute Gasteiger partial charge is 0.251 e. The van der Waals surface area contributed by atoms with Crippen LogP contribution in [-0.4, -0.2) is 24.4 Å². The highest BCUT2D eigenvalue weighted by Gasteiger charge is 2.26. The Morgan fingerprint density at radius 1 is 1.30 bits per heavy atom. The maximum Gasteiger partial charge on any atom is 0.251 e. The van der Waals surface area contributed by atoms with E-state index in [0.717, 1.165) is 25.1 Å². The van der Waals surface area contributed by atoms with E-state index in [9.17, 15) is 9.59 Å². The minimum Gasteiger partial charge on any atom is -0.366 e. The molecule has 1 aliphatic rings. The fourth-order valence-corrected chi connectivity index (χ4v) is 3.72. The molecule has 0 saturated carbocycles. The predicted octanol–water partition coefficient (Wildman–Crippen LogP) is 2.63. The highest BCUT2D eigenvalue weighted by molar-refractivity contribution is 7.14. The quantitative estimate of drug-likeness (QED) is 0.905. The van der Waals surface area contributed by atoms with Crippen LogP contribution in [0.5, 0.6) is 0 Å². The lowest BCUT2D eigenvalue weighted by Gasteiger charge is -2.35. The number of primary amides is 1. The molecule has 1 aliphatic heterocycles. The first-order chi connectivity index (χ1) is 11.1. The number of carbonyl (C=O) groups excluding carboxylic acids is 2. The van der Waals surface area contributed by atoms with Gasteiger partial charge in [-0.25, -0.2) is 0 Å². The van der Waals surface area contributed by atoms with E-state index in [4.69, 9.17) is 5.73 Å². The molecule has 0 radical (unpaired) electrons. The van der Waals surface area contributed by atoms with Gasteiger partial charge in [0.2, 0.25) is 5.91 Å². The Morgan fingerprint density at radius 2 is 2.09 bits per heavy atom. The minimum atomic E-state index is -0.530. The number of amides is 2. The van der Waals surface area contributed by atoms with Crippen molar-refractivity contribution in [3.05, 3.63) is 46.8 Å². The van der Waals surface area contributed by atoms with Gasteiger partial charge in [0.1, 0.15) is 11.0 Å². The third kappa shape index (κ3) is 3.07. The van der Waals surface area contributed by atoms with Crippen LogP contribution < -0.4 is 16.0 Å². The lowest BCUT2D eigenvalue weighted by molar-refractivity contribution is -0.117. The molecule has 1 aromatic carbocycles. The van der Waals surface area contributed by atoms with Crippen LogP contribution in [0.3, 0.4) is 0 Å². The number of hydrogen-bond donors (Lipinski definition) is 2. The molecule has 0 aliphatic carbocycles. The molecule has 1 aromatic heterocycles. The third-order valence-electron chi connectivity index (χ3n) is 4.16. The first kappa shape index (κ1) is 15.6. The number of thiophene rings is 1. The molecule has 2 heterocycles. The summed E-state index contributed by atoms with van der Waals surface area (Å²) >= 11 is 1.30. The molecule has 2 aromatic rings.